The number of fused-ring (bicyclic) bond motifs is 2. The Morgan fingerprint density at radius 2 is 1.57 bits per heavy atom. The molecule has 0 saturated heterocycles. The van der Waals surface area contributed by atoms with E-state index in [0.717, 1.165) is 30.6 Å². The second kappa shape index (κ2) is 8.06. The fraction of sp³-hybridized carbons (Fsp3) is 0.909. The first-order valence-corrected chi connectivity index (χ1v) is 10.4. The Hall–Kier alpha value is -0.480. The van der Waals surface area contributed by atoms with Crippen LogP contribution in [0.4, 0.5) is 0 Å². The van der Waals surface area contributed by atoms with Gasteiger partial charge in [0.15, 0.2) is 0 Å². The lowest BCUT2D eigenvalue weighted by atomic mass is 9.65. The highest BCUT2D eigenvalue weighted by molar-refractivity contribution is 5.21. The third kappa shape index (κ3) is 4.33. The van der Waals surface area contributed by atoms with E-state index in [1.807, 2.05) is 0 Å². The Kier molecular flexibility index (Phi) is 6.08. The van der Waals surface area contributed by atoms with Gasteiger partial charge in [-0.15, -0.1) is 5.92 Å². The smallest absolute Gasteiger partial charge is 0.128 e. The Labute approximate surface area is 143 Å². The molecule has 0 radical (unpaired) electrons. The summed E-state index contributed by atoms with van der Waals surface area (Å²) in [7, 11) is 0. The molecular formula is C22H36O. The van der Waals surface area contributed by atoms with Gasteiger partial charge in [-0.05, 0) is 56.3 Å². The van der Waals surface area contributed by atoms with Crippen LogP contribution in [-0.4, -0.2) is 10.7 Å². The highest BCUT2D eigenvalue weighted by Crippen LogP contribution is 2.58. The van der Waals surface area contributed by atoms with E-state index in [-0.39, 0.29) is 0 Å². The molecule has 3 aliphatic rings. The molecule has 3 bridgehead atoms. The van der Waals surface area contributed by atoms with Crippen molar-refractivity contribution in [2.24, 2.45) is 23.7 Å². The van der Waals surface area contributed by atoms with Gasteiger partial charge in [0.2, 0.25) is 0 Å². The van der Waals surface area contributed by atoms with Gasteiger partial charge in [0, 0.05) is 12.3 Å². The molecule has 3 aliphatic carbocycles. The van der Waals surface area contributed by atoms with E-state index in [9.17, 15) is 5.11 Å². The molecule has 1 N–H and O–H groups in total. The lowest BCUT2D eigenvalue weighted by molar-refractivity contribution is -0.0352. The summed E-state index contributed by atoms with van der Waals surface area (Å²) in [6.07, 6.45) is 18.2. The van der Waals surface area contributed by atoms with Crippen LogP contribution >= 0.6 is 0 Å². The maximum Gasteiger partial charge on any atom is 0.128 e. The van der Waals surface area contributed by atoms with Crippen molar-refractivity contribution in [3.63, 3.8) is 0 Å². The van der Waals surface area contributed by atoms with Crippen molar-refractivity contribution in [3.05, 3.63) is 0 Å². The average Bonchev–Trinajstić information content (AvgIpc) is 2.79. The number of aliphatic hydroxyl groups is 1. The minimum absolute atomic E-state index is 0.498. The molecule has 0 heterocycles. The van der Waals surface area contributed by atoms with Gasteiger partial charge in [0.1, 0.15) is 5.60 Å². The molecule has 0 aromatic rings. The summed E-state index contributed by atoms with van der Waals surface area (Å²) in [4.78, 5) is 0. The predicted molar refractivity (Wildman–Crippen MR) is 97.0 cm³/mol. The molecule has 0 aromatic carbocycles. The van der Waals surface area contributed by atoms with E-state index in [0.29, 0.717) is 5.92 Å². The lowest BCUT2D eigenvalue weighted by Crippen LogP contribution is -2.44. The summed E-state index contributed by atoms with van der Waals surface area (Å²) in [6, 6.07) is 0. The quantitative estimate of drug-likeness (QED) is 0.449. The summed E-state index contributed by atoms with van der Waals surface area (Å²) in [6.45, 7) is 2.27. The van der Waals surface area contributed by atoms with Crippen LogP contribution in [0, 0.1) is 35.5 Å². The van der Waals surface area contributed by atoms with Crippen molar-refractivity contribution in [3.8, 4) is 11.8 Å². The zero-order valence-electron chi connectivity index (χ0n) is 15.2. The Bertz CT molecular complexity index is 429. The van der Waals surface area contributed by atoms with E-state index in [1.54, 1.807) is 0 Å². The van der Waals surface area contributed by atoms with Gasteiger partial charge < -0.3 is 5.11 Å². The van der Waals surface area contributed by atoms with Crippen molar-refractivity contribution in [1.82, 2.24) is 0 Å². The largest absolute Gasteiger partial charge is 0.377 e. The molecule has 5 atom stereocenters. The van der Waals surface area contributed by atoms with Gasteiger partial charge in [-0.1, -0.05) is 57.8 Å². The van der Waals surface area contributed by atoms with Crippen molar-refractivity contribution < 1.29 is 5.11 Å². The highest BCUT2D eigenvalue weighted by atomic mass is 16.3. The summed E-state index contributed by atoms with van der Waals surface area (Å²) in [5, 5.41) is 11.1. The predicted octanol–water partition coefficient (Wildman–Crippen LogP) is 5.71. The van der Waals surface area contributed by atoms with E-state index < -0.39 is 5.60 Å². The summed E-state index contributed by atoms with van der Waals surface area (Å²) in [5.41, 5.74) is -0.626. The molecule has 0 aliphatic heterocycles. The van der Waals surface area contributed by atoms with Crippen molar-refractivity contribution in [1.29, 1.82) is 0 Å². The highest BCUT2D eigenvalue weighted by Gasteiger charge is 2.55. The third-order valence-corrected chi connectivity index (χ3v) is 6.77. The summed E-state index contributed by atoms with van der Waals surface area (Å²) < 4.78 is 0. The standard InChI is InChI=1S/C22H36O/c1-2-3-4-5-6-7-8-9-10-11-12-22(23)17-19-13-18-14-20(15-19)21(22)16-18/h18-21,23H,2-10,13-17H2,1H3/t18-,19+,20-,21?,22?/m0/s1. The number of rotatable bonds is 8. The first-order valence-electron chi connectivity index (χ1n) is 10.4. The topological polar surface area (TPSA) is 20.2 Å². The second-order valence-electron chi connectivity index (χ2n) is 8.70. The van der Waals surface area contributed by atoms with Gasteiger partial charge >= 0.3 is 0 Å². The van der Waals surface area contributed by atoms with E-state index >= 15 is 0 Å². The van der Waals surface area contributed by atoms with E-state index in [1.165, 1.54) is 77.0 Å². The van der Waals surface area contributed by atoms with Gasteiger partial charge in [-0.2, -0.15) is 0 Å². The molecule has 3 fully saturated rings. The van der Waals surface area contributed by atoms with Crippen LogP contribution in [0.15, 0.2) is 0 Å². The Morgan fingerprint density at radius 1 is 0.870 bits per heavy atom. The van der Waals surface area contributed by atoms with Crippen LogP contribution in [-0.2, 0) is 0 Å². The number of hydrogen-bond acceptors (Lipinski definition) is 1. The minimum atomic E-state index is -0.626. The van der Waals surface area contributed by atoms with Crippen molar-refractivity contribution >= 4 is 0 Å². The molecule has 23 heavy (non-hydrogen) atoms. The minimum Gasteiger partial charge on any atom is -0.377 e. The number of unbranched alkanes of at least 4 members (excludes halogenated alkanes) is 8. The maximum absolute atomic E-state index is 11.1. The summed E-state index contributed by atoms with van der Waals surface area (Å²) in [5.74, 6) is 9.67. The fourth-order valence-electron chi connectivity index (χ4n) is 5.74. The monoisotopic (exact) mass is 316 g/mol. The van der Waals surface area contributed by atoms with Gasteiger partial charge in [0.05, 0.1) is 0 Å². The van der Waals surface area contributed by atoms with Crippen LogP contribution in [0.25, 0.3) is 0 Å². The van der Waals surface area contributed by atoms with Crippen molar-refractivity contribution in [2.45, 2.75) is 102 Å². The molecule has 0 spiro atoms. The van der Waals surface area contributed by atoms with E-state index in [2.05, 4.69) is 18.8 Å². The third-order valence-electron chi connectivity index (χ3n) is 6.77. The first-order chi connectivity index (χ1) is 11.2. The maximum atomic E-state index is 11.1. The second-order valence-corrected chi connectivity index (χ2v) is 8.70. The molecule has 0 amide bonds. The molecule has 3 saturated carbocycles. The zero-order valence-corrected chi connectivity index (χ0v) is 15.2. The first kappa shape index (κ1) is 17.3. The molecule has 1 nitrogen and oxygen atoms in total. The Morgan fingerprint density at radius 3 is 2.35 bits per heavy atom. The van der Waals surface area contributed by atoms with Crippen LogP contribution in [0.3, 0.4) is 0 Å². The van der Waals surface area contributed by atoms with Gasteiger partial charge in [-0.3, -0.25) is 0 Å². The lowest BCUT2D eigenvalue weighted by Gasteiger charge is -2.42. The zero-order chi connectivity index (χ0) is 16.1. The molecule has 3 rings (SSSR count). The number of hydrogen-bond donors (Lipinski definition) is 1. The van der Waals surface area contributed by atoms with Gasteiger partial charge in [-0.25, -0.2) is 0 Å². The molecule has 130 valence electrons. The normalized spacial score (nSPS) is 37.7. The van der Waals surface area contributed by atoms with Crippen LogP contribution in [0.1, 0.15) is 96.8 Å². The van der Waals surface area contributed by atoms with Crippen molar-refractivity contribution in [2.75, 3.05) is 0 Å². The molecular weight excluding hydrogens is 280 g/mol. The molecule has 1 heteroatoms. The van der Waals surface area contributed by atoms with Gasteiger partial charge in [0.25, 0.3) is 0 Å². The molecule has 2 unspecified atom stereocenters. The Balaban J connectivity index is 1.35. The SMILES string of the molecule is CCCCCCCCCCC#CC1(O)C[C@@H]2C[C@@H]3CC1[C@H](C2)C3. The van der Waals surface area contributed by atoms with E-state index in [4.69, 9.17) is 0 Å². The van der Waals surface area contributed by atoms with Crippen LogP contribution in [0.2, 0.25) is 0 Å². The molecule has 0 aromatic heterocycles. The fourth-order valence-corrected chi connectivity index (χ4v) is 5.74. The van der Waals surface area contributed by atoms with Crippen LogP contribution in [0.5, 0.6) is 0 Å². The van der Waals surface area contributed by atoms with Crippen LogP contribution < -0.4 is 0 Å². The summed E-state index contributed by atoms with van der Waals surface area (Å²) >= 11 is 0. The average molecular weight is 317 g/mol.